The minimum absolute atomic E-state index is 0.818. The third-order valence-electron chi connectivity index (χ3n) is 4.38. The van der Waals surface area contributed by atoms with E-state index in [1.165, 1.54) is 27.8 Å². The molecule has 0 radical (unpaired) electrons. The minimum Gasteiger partial charge on any atom is -0.381 e. The van der Waals surface area contributed by atoms with Gasteiger partial charge in [-0.1, -0.05) is 83.9 Å². The zero-order chi connectivity index (χ0) is 17.5. The van der Waals surface area contributed by atoms with Gasteiger partial charge in [0.1, 0.15) is 0 Å². The van der Waals surface area contributed by atoms with E-state index >= 15 is 0 Å². The molecular weight excluding hydrogens is 302 g/mol. The molecule has 3 aromatic carbocycles. The van der Waals surface area contributed by atoms with Crippen molar-refractivity contribution in [1.82, 2.24) is 0 Å². The summed E-state index contributed by atoms with van der Waals surface area (Å²) in [6, 6.07) is 27.9. The second-order valence-electron chi connectivity index (χ2n) is 6.50. The molecule has 0 aromatic heterocycles. The van der Waals surface area contributed by atoms with Crippen LogP contribution >= 0.6 is 0 Å². The molecule has 0 unspecified atom stereocenters. The van der Waals surface area contributed by atoms with E-state index in [1.807, 2.05) is 6.07 Å². The quantitative estimate of drug-likeness (QED) is 0.582. The molecule has 0 saturated carbocycles. The summed E-state index contributed by atoms with van der Waals surface area (Å²) in [6.07, 6.45) is 3.28. The number of para-hydroxylation sites is 1. The number of benzene rings is 3. The zero-order valence-electron chi connectivity index (χ0n) is 15.0. The fraction of sp³-hybridized carbons (Fsp3) is 0.167. The normalized spacial score (nSPS) is 11.4. The van der Waals surface area contributed by atoms with Gasteiger partial charge in [-0.05, 0) is 49.1 Å². The molecule has 0 aliphatic carbocycles. The summed E-state index contributed by atoms with van der Waals surface area (Å²) in [5.41, 5.74) is 7.69. The van der Waals surface area contributed by atoms with Crippen LogP contribution in [-0.4, -0.2) is 6.54 Å². The number of hydrogen-bond acceptors (Lipinski definition) is 1. The lowest BCUT2D eigenvalue weighted by Gasteiger charge is -2.12. The van der Waals surface area contributed by atoms with Gasteiger partial charge in [-0.25, -0.2) is 0 Å². The van der Waals surface area contributed by atoms with Crippen LogP contribution in [0.15, 0.2) is 84.9 Å². The van der Waals surface area contributed by atoms with Crippen LogP contribution in [0, 0.1) is 13.8 Å². The Morgan fingerprint density at radius 2 is 1.36 bits per heavy atom. The molecule has 0 amide bonds. The molecule has 25 heavy (non-hydrogen) atoms. The van der Waals surface area contributed by atoms with Gasteiger partial charge in [-0.2, -0.15) is 0 Å². The average Bonchev–Trinajstić information content (AvgIpc) is 2.65. The van der Waals surface area contributed by atoms with Crippen molar-refractivity contribution in [3.05, 3.63) is 107 Å². The first kappa shape index (κ1) is 17.0. The van der Waals surface area contributed by atoms with Gasteiger partial charge in [-0.3, -0.25) is 0 Å². The molecule has 0 aliphatic rings. The molecule has 3 rings (SSSR count). The minimum atomic E-state index is 0.818. The van der Waals surface area contributed by atoms with E-state index in [9.17, 15) is 0 Å². The van der Waals surface area contributed by atoms with E-state index in [0.29, 0.717) is 0 Å². The number of nitrogens with one attached hydrogen (secondary N) is 1. The second-order valence-corrected chi connectivity index (χ2v) is 6.50. The molecular formula is C24H25N. The Kier molecular flexibility index (Phi) is 5.69. The molecule has 0 fully saturated rings. The highest BCUT2D eigenvalue weighted by Gasteiger charge is 2.03. The predicted molar refractivity (Wildman–Crippen MR) is 109 cm³/mol. The van der Waals surface area contributed by atoms with E-state index in [2.05, 4.69) is 98.0 Å². The Hall–Kier alpha value is -2.80. The van der Waals surface area contributed by atoms with Gasteiger partial charge in [0.2, 0.25) is 0 Å². The molecule has 126 valence electrons. The first-order valence-corrected chi connectivity index (χ1v) is 8.81. The molecule has 1 N–H and O–H groups in total. The summed E-state index contributed by atoms with van der Waals surface area (Å²) < 4.78 is 0. The predicted octanol–water partition coefficient (Wildman–Crippen LogP) is 6.04. The maximum absolute atomic E-state index is 3.53. The van der Waals surface area contributed by atoms with Crippen molar-refractivity contribution >= 4 is 11.3 Å². The first-order valence-electron chi connectivity index (χ1n) is 8.81. The van der Waals surface area contributed by atoms with Gasteiger partial charge in [0.05, 0.1) is 0 Å². The molecule has 0 heterocycles. The highest BCUT2D eigenvalue weighted by atomic mass is 14.9. The first-order chi connectivity index (χ1) is 12.2. The molecule has 0 bridgehead atoms. The lowest BCUT2D eigenvalue weighted by atomic mass is 10.0. The van der Waals surface area contributed by atoms with Crippen LogP contribution in [0.2, 0.25) is 0 Å². The average molecular weight is 327 g/mol. The summed E-state index contributed by atoms with van der Waals surface area (Å²) in [4.78, 5) is 0. The number of hydrogen-bond donors (Lipinski definition) is 1. The smallest absolute Gasteiger partial charge is 0.0403 e. The van der Waals surface area contributed by atoms with Crippen molar-refractivity contribution in [2.45, 2.75) is 20.3 Å². The summed E-state index contributed by atoms with van der Waals surface area (Å²) in [5, 5.41) is 3.53. The number of aryl methyl sites for hydroxylation is 2. The van der Waals surface area contributed by atoms with Crippen LogP contribution in [0.25, 0.3) is 5.57 Å². The summed E-state index contributed by atoms with van der Waals surface area (Å²) >= 11 is 0. The van der Waals surface area contributed by atoms with E-state index in [1.54, 1.807) is 0 Å². The summed E-state index contributed by atoms with van der Waals surface area (Å²) in [6.45, 7) is 5.07. The van der Waals surface area contributed by atoms with Crippen LogP contribution in [0.4, 0.5) is 5.69 Å². The van der Waals surface area contributed by atoms with E-state index < -0.39 is 0 Å². The highest BCUT2D eigenvalue weighted by Crippen LogP contribution is 2.18. The van der Waals surface area contributed by atoms with Gasteiger partial charge in [-0.15, -0.1) is 0 Å². The van der Waals surface area contributed by atoms with Gasteiger partial charge in [0.25, 0.3) is 0 Å². The van der Waals surface area contributed by atoms with Crippen LogP contribution in [0.1, 0.15) is 22.3 Å². The molecule has 0 saturated heterocycles. The van der Waals surface area contributed by atoms with Crippen molar-refractivity contribution < 1.29 is 0 Å². The topological polar surface area (TPSA) is 12.0 Å². The van der Waals surface area contributed by atoms with Crippen LogP contribution in [-0.2, 0) is 6.42 Å². The maximum Gasteiger partial charge on any atom is 0.0403 e. The van der Waals surface area contributed by atoms with Gasteiger partial charge in [0.15, 0.2) is 0 Å². The summed E-state index contributed by atoms with van der Waals surface area (Å²) in [7, 11) is 0. The third-order valence-corrected chi connectivity index (χ3v) is 4.38. The Balaban J connectivity index is 1.79. The lowest BCUT2D eigenvalue weighted by molar-refractivity contribution is 1.23. The molecule has 3 aromatic rings. The molecule has 0 aliphatic heterocycles. The summed E-state index contributed by atoms with van der Waals surface area (Å²) in [5.74, 6) is 0. The zero-order valence-corrected chi connectivity index (χ0v) is 15.0. The fourth-order valence-corrected chi connectivity index (χ4v) is 2.78. The monoisotopic (exact) mass is 327 g/mol. The van der Waals surface area contributed by atoms with Gasteiger partial charge < -0.3 is 5.32 Å². The standard InChI is InChI=1S/C24H25N/c1-19-8-12-21(13-9-19)14-17-23(22-15-10-20(2)11-16-22)18-25-24-6-4-3-5-7-24/h3-13,15-17,25H,14,18H2,1-2H3/b23-17+. The van der Waals surface area contributed by atoms with Crippen LogP contribution in [0.3, 0.4) is 0 Å². The molecule has 1 heteroatoms. The van der Waals surface area contributed by atoms with E-state index in [0.717, 1.165) is 18.7 Å². The van der Waals surface area contributed by atoms with Crippen molar-refractivity contribution in [2.75, 3.05) is 11.9 Å². The number of rotatable bonds is 6. The molecule has 1 nitrogen and oxygen atoms in total. The Bertz CT molecular complexity index is 812. The fourth-order valence-electron chi connectivity index (χ4n) is 2.78. The highest BCUT2D eigenvalue weighted by molar-refractivity contribution is 5.70. The van der Waals surface area contributed by atoms with Crippen LogP contribution < -0.4 is 5.32 Å². The van der Waals surface area contributed by atoms with Crippen molar-refractivity contribution in [2.24, 2.45) is 0 Å². The van der Waals surface area contributed by atoms with Gasteiger partial charge >= 0.3 is 0 Å². The third kappa shape index (κ3) is 5.09. The van der Waals surface area contributed by atoms with E-state index in [4.69, 9.17) is 0 Å². The Morgan fingerprint density at radius 1 is 0.760 bits per heavy atom. The largest absolute Gasteiger partial charge is 0.381 e. The maximum atomic E-state index is 3.53. The van der Waals surface area contributed by atoms with Gasteiger partial charge in [0, 0.05) is 12.2 Å². The lowest BCUT2D eigenvalue weighted by Crippen LogP contribution is -2.04. The van der Waals surface area contributed by atoms with Crippen molar-refractivity contribution in [3.8, 4) is 0 Å². The molecule has 0 atom stereocenters. The SMILES string of the molecule is Cc1ccc(C/C=C(\CNc2ccccc2)c2ccc(C)cc2)cc1. The Morgan fingerprint density at radius 3 is 2.00 bits per heavy atom. The number of anilines is 1. The van der Waals surface area contributed by atoms with Crippen molar-refractivity contribution in [1.29, 1.82) is 0 Å². The van der Waals surface area contributed by atoms with Crippen LogP contribution in [0.5, 0.6) is 0 Å². The van der Waals surface area contributed by atoms with Crippen molar-refractivity contribution in [3.63, 3.8) is 0 Å². The second kappa shape index (κ2) is 8.34. The Labute approximate surface area is 151 Å². The van der Waals surface area contributed by atoms with E-state index in [-0.39, 0.29) is 0 Å². The molecule has 0 spiro atoms. The number of allylic oxidation sites excluding steroid dienone is 1.